The number of fused-ring (bicyclic) bond motifs is 1. The van der Waals surface area contributed by atoms with E-state index in [1.54, 1.807) is 12.3 Å². The van der Waals surface area contributed by atoms with Gasteiger partial charge in [-0.2, -0.15) is 5.26 Å². The third kappa shape index (κ3) is 5.30. The van der Waals surface area contributed by atoms with Gasteiger partial charge in [0, 0.05) is 40.8 Å². The number of hydrogen-bond donors (Lipinski definition) is 2. The number of nitriles is 1. The summed E-state index contributed by atoms with van der Waals surface area (Å²) in [6.45, 7) is 10.7. The number of aromatic nitrogens is 5. The molecule has 1 fully saturated rings. The summed E-state index contributed by atoms with van der Waals surface area (Å²) in [6, 6.07) is 9.15. The first-order valence-electron chi connectivity index (χ1n) is 13.1. The van der Waals surface area contributed by atoms with Crippen LogP contribution in [0, 0.1) is 30.6 Å². The van der Waals surface area contributed by atoms with Crippen molar-refractivity contribution in [3.8, 4) is 6.07 Å². The van der Waals surface area contributed by atoms with Crippen LogP contribution in [0.3, 0.4) is 0 Å². The molecule has 3 aromatic heterocycles. The minimum atomic E-state index is -2.53. The standard InChI is InChI=1S/C29H31ClF2N8/c1-16-6-7-20(17(2)36-16)26(23-14-40(39-38-23)29(8-9-29)27(31)32)37-19-10-21-24(35-15-28(3,4)5)18(12-33)13-34-25(21)22(30)11-19/h6-7,10-11,13-14,26-27,37H,8-9,15H2,1-5H3,(H,34,35). The normalized spacial score (nSPS) is 15.2. The van der Waals surface area contributed by atoms with Crippen LogP contribution >= 0.6 is 11.6 Å². The molecule has 1 aromatic carbocycles. The maximum atomic E-state index is 13.8. The lowest BCUT2D eigenvalue weighted by atomic mass is 9.96. The summed E-state index contributed by atoms with van der Waals surface area (Å²) in [7, 11) is 0. The van der Waals surface area contributed by atoms with Crippen LogP contribution in [0.5, 0.6) is 0 Å². The van der Waals surface area contributed by atoms with E-state index in [-0.39, 0.29) is 5.41 Å². The summed E-state index contributed by atoms with van der Waals surface area (Å²) >= 11 is 6.71. The molecule has 0 spiro atoms. The fourth-order valence-corrected chi connectivity index (χ4v) is 5.02. The molecule has 0 amide bonds. The molecular weight excluding hydrogens is 534 g/mol. The predicted octanol–water partition coefficient (Wildman–Crippen LogP) is 6.78. The Kier molecular flexibility index (Phi) is 7.13. The number of hydrogen-bond acceptors (Lipinski definition) is 7. The van der Waals surface area contributed by atoms with Crippen molar-refractivity contribution >= 4 is 33.9 Å². The molecule has 11 heteroatoms. The van der Waals surface area contributed by atoms with Crippen molar-refractivity contribution in [2.24, 2.45) is 5.41 Å². The summed E-state index contributed by atoms with van der Waals surface area (Å²) in [4.78, 5) is 9.05. The van der Waals surface area contributed by atoms with Gasteiger partial charge in [-0.15, -0.1) is 5.10 Å². The zero-order chi connectivity index (χ0) is 28.8. The average Bonchev–Trinajstić information content (AvgIpc) is 3.56. The fraction of sp³-hybridized carbons (Fsp3) is 0.414. The van der Waals surface area contributed by atoms with E-state index in [4.69, 9.17) is 11.6 Å². The highest BCUT2D eigenvalue weighted by molar-refractivity contribution is 6.35. The number of nitrogens with zero attached hydrogens (tertiary/aromatic N) is 6. The molecule has 1 aliphatic rings. The van der Waals surface area contributed by atoms with Crippen LogP contribution in [0.1, 0.15) is 67.9 Å². The second-order valence-electron chi connectivity index (χ2n) is 11.6. The average molecular weight is 565 g/mol. The molecule has 0 bridgehead atoms. The van der Waals surface area contributed by atoms with E-state index in [1.807, 2.05) is 32.0 Å². The Bertz CT molecular complexity index is 1620. The second kappa shape index (κ2) is 10.3. The van der Waals surface area contributed by atoms with Gasteiger partial charge in [0.2, 0.25) is 0 Å². The molecule has 1 saturated carbocycles. The number of rotatable bonds is 8. The minimum absolute atomic E-state index is 0.0357. The molecule has 4 aromatic rings. The third-order valence-electron chi connectivity index (χ3n) is 7.16. The van der Waals surface area contributed by atoms with Gasteiger partial charge in [-0.05, 0) is 50.3 Å². The van der Waals surface area contributed by atoms with Crippen LogP contribution in [-0.2, 0) is 5.54 Å². The molecule has 1 aliphatic carbocycles. The van der Waals surface area contributed by atoms with Crippen molar-refractivity contribution in [1.82, 2.24) is 25.0 Å². The summed E-state index contributed by atoms with van der Waals surface area (Å²) in [5.41, 5.74) is 3.86. The zero-order valence-electron chi connectivity index (χ0n) is 23.1. The molecule has 1 unspecified atom stereocenters. The third-order valence-corrected chi connectivity index (χ3v) is 7.45. The van der Waals surface area contributed by atoms with Crippen LogP contribution in [0.2, 0.25) is 5.02 Å². The lowest BCUT2D eigenvalue weighted by Gasteiger charge is -2.23. The second-order valence-corrected chi connectivity index (χ2v) is 12.0. The zero-order valence-corrected chi connectivity index (χ0v) is 23.8. The van der Waals surface area contributed by atoms with Crippen molar-refractivity contribution in [1.29, 1.82) is 5.26 Å². The van der Waals surface area contributed by atoms with Crippen LogP contribution < -0.4 is 10.6 Å². The van der Waals surface area contributed by atoms with Gasteiger partial charge in [-0.1, -0.05) is 43.7 Å². The van der Waals surface area contributed by atoms with Gasteiger partial charge in [-0.3, -0.25) is 9.97 Å². The van der Waals surface area contributed by atoms with Gasteiger partial charge < -0.3 is 10.6 Å². The van der Waals surface area contributed by atoms with Crippen molar-refractivity contribution in [3.63, 3.8) is 0 Å². The number of pyridine rings is 2. The van der Waals surface area contributed by atoms with Gasteiger partial charge in [0.1, 0.15) is 17.3 Å². The summed E-state index contributed by atoms with van der Waals surface area (Å²) < 4.78 is 28.9. The van der Waals surface area contributed by atoms with Crippen LogP contribution in [0.25, 0.3) is 10.9 Å². The van der Waals surface area contributed by atoms with E-state index in [9.17, 15) is 14.0 Å². The van der Waals surface area contributed by atoms with Crippen molar-refractivity contribution in [3.05, 3.63) is 69.9 Å². The highest BCUT2D eigenvalue weighted by Crippen LogP contribution is 2.48. The first-order chi connectivity index (χ1) is 18.9. The Balaban J connectivity index is 1.60. The highest BCUT2D eigenvalue weighted by atomic mass is 35.5. The highest BCUT2D eigenvalue weighted by Gasteiger charge is 2.54. The molecule has 0 aliphatic heterocycles. The van der Waals surface area contributed by atoms with Crippen LogP contribution in [0.4, 0.5) is 20.2 Å². The van der Waals surface area contributed by atoms with E-state index in [0.29, 0.717) is 57.9 Å². The lowest BCUT2D eigenvalue weighted by molar-refractivity contribution is 0.0593. The Morgan fingerprint density at radius 1 is 1.20 bits per heavy atom. The summed E-state index contributed by atoms with van der Waals surface area (Å²) in [5, 5.41) is 26.2. The van der Waals surface area contributed by atoms with Gasteiger partial charge >= 0.3 is 0 Å². The molecule has 2 N–H and O–H groups in total. The predicted molar refractivity (Wildman–Crippen MR) is 152 cm³/mol. The fourth-order valence-electron chi connectivity index (χ4n) is 4.75. The molecule has 208 valence electrons. The Hall–Kier alpha value is -3.84. The van der Waals surface area contributed by atoms with E-state index in [2.05, 4.69) is 57.8 Å². The molecule has 5 rings (SSSR count). The molecule has 3 heterocycles. The molecule has 0 radical (unpaired) electrons. The van der Waals surface area contributed by atoms with Crippen molar-refractivity contribution in [2.45, 2.75) is 65.5 Å². The lowest BCUT2D eigenvalue weighted by Crippen LogP contribution is -2.26. The van der Waals surface area contributed by atoms with Gasteiger partial charge in [0.25, 0.3) is 6.43 Å². The number of halogens is 3. The van der Waals surface area contributed by atoms with Gasteiger partial charge in [0.05, 0.1) is 34.0 Å². The quantitative estimate of drug-likeness (QED) is 0.243. The number of anilines is 2. The molecule has 40 heavy (non-hydrogen) atoms. The van der Waals surface area contributed by atoms with Crippen molar-refractivity contribution in [2.75, 3.05) is 17.2 Å². The largest absolute Gasteiger partial charge is 0.383 e. The van der Waals surface area contributed by atoms with Crippen molar-refractivity contribution < 1.29 is 8.78 Å². The first-order valence-corrected chi connectivity index (χ1v) is 13.5. The molecule has 8 nitrogen and oxygen atoms in total. The SMILES string of the molecule is Cc1ccc(C(Nc2cc(Cl)c3ncc(C#N)c(NCC(C)(C)C)c3c2)c2cn(C3(C(F)F)CC3)nn2)c(C)n1. The van der Waals surface area contributed by atoms with E-state index in [1.165, 1.54) is 10.9 Å². The van der Waals surface area contributed by atoms with Gasteiger partial charge in [-0.25, -0.2) is 13.5 Å². The smallest absolute Gasteiger partial charge is 0.263 e. The number of aryl methyl sites for hydroxylation is 2. The minimum Gasteiger partial charge on any atom is -0.383 e. The number of alkyl halides is 2. The topological polar surface area (TPSA) is 104 Å². The van der Waals surface area contributed by atoms with E-state index >= 15 is 0 Å². The molecule has 1 atom stereocenters. The van der Waals surface area contributed by atoms with E-state index < -0.39 is 18.0 Å². The Morgan fingerprint density at radius 3 is 2.58 bits per heavy atom. The molecular formula is C29H31ClF2N8. The monoisotopic (exact) mass is 564 g/mol. The maximum Gasteiger partial charge on any atom is 0.263 e. The summed E-state index contributed by atoms with van der Waals surface area (Å²) in [6.07, 6.45) is 1.29. The van der Waals surface area contributed by atoms with E-state index in [0.717, 1.165) is 17.0 Å². The number of benzene rings is 1. The number of nitrogens with one attached hydrogen (secondary N) is 2. The Labute approximate surface area is 236 Å². The van der Waals surface area contributed by atoms with Crippen LogP contribution in [-0.4, -0.2) is 37.9 Å². The van der Waals surface area contributed by atoms with Gasteiger partial charge in [0.15, 0.2) is 0 Å². The molecule has 0 saturated heterocycles. The maximum absolute atomic E-state index is 13.8. The Morgan fingerprint density at radius 2 is 1.95 bits per heavy atom. The first kappa shape index (κ1) is 27.7. The van der Waals surface area contributed by atoms with Crippen LogP contribution in [0.15, 0.2) is 36.7 Å². The summed E-state index contributed by atoms with van der Waals surface area (Å²) in [5.74, 6) is 0.